The summed E-state index contributed by atoms with van der Waals surface area (Å²) < 4.78 is 1.22. The molecule has 0 saturated carbocycles. The van der Waals surface area contributed by atoms with Gasteiger partial charge in [-0.3, -0.25) is 4.79 Å². The predicted octanol–water partition coefficient (Wildman–Crippen LogP) is -1.20. The van der Waals surface area contributed by atoms with E-state index in [1.165, 1.54) is 10.9 Å². The number of amides is 1. The molecular weight excluding hydrogens is 238 g/mol. The summed E-state index contributed by atoms with van der Waals surface area (Å²) in [6.45, 7) is 1.79. The second kappa shape index (κ2) is 5.13. The van der Waals surface area contributed by atoms with Crippen molar-refractivity contribution in [1.29, 1.82) is 0 Å². The molecule has 2 N–H and O–H groups in total. The van der Waals surface area contributed by atoms with E-state index in [0.29, 0.717) is 0 Å². The van der Waals surface area contributed by atoms with Gasteiger partial charge >= 0.3 is 5.97 Å². The van der Waals surface area contributed by atoms with Crippen molar-refractivity contribution in [2.75, 3.05) is 20.1 Å². The highest BCUT2D eigenvalue weighted by Gasteiger charge is 2.21. The molecule has 1 aliphatic heterocycles. The Morgan fingerprint density at radius 1 is 1.61 bits per heavy atom. The van der Waals surface area contributed by atoms with Crippen molar-refractivity contribution in [3.05, 3.63) is 11.9 Å². The third-order valence-electron chi connectivity index (χ3n) is 2.82. The molecule has 1 atom stereocenters. The normalized spacial score (nSPS) is 19.9. The Hall–Kier alpha value is -1.96. The van der Waals surface area contributed by atoms with Crippen LogP contribution in [-0.2, 0) is 11.3 Å². The molecule has 0 bridgehead atoms. The molecule has 2 heterocycles. The monoisotopic (exact) mass is 253 g/mol. The number of hydrogen-bond donors (Lipinski definition) is 2. The second-order valence-corrected chi connectivity index (χ2v) is 4.42. The first-order chi connectivity index (χ1) is 8.54. The summed E-state index contributed by atoms with van der Waals surface area (Å²) >= 11 is 0. The number of nitrogens with zero attached hydrogens (tertiary/aromatic N) is 4. The van der Waals surface area contributed by atoms with Crippen LogP contribution < -0.4 is 5.32 Å². The standard InChI is InChI=1S/C10H15N5O3/c1-14-3-2-7(4-14)11-9(16)6-15-5-8(10(17)18)12-13-15/h5,7H,2-4,6H2,1H3,(H,11,16)(H,17,18). The zero-order valence-corrected chi connectivity index (χ0v) is 10.0. The molecule has 8 heteroatoms. The molecule has 1 aromatic rings. The molecule has 1 fully saturated rings. The minimum Gasteiger partial charge on any atom is -0.476 e. The summed E-state index contributed by atoms with van der Waals surface area (Å²) in [6, 6.07) is 0.157. The Morgan fingerprint density at radius 2 is 2.39 bits per heavy atom. The lowest BCUT2D eigenvalue weighted by atomic mass is 10.2. The Balaban J connectivity index is 1.85. The van der Waals surface area contributed by atoms with Crippen LogP contribution in [0.4, 0.5) is 0 Å². The fraction of sp³-hybridized carbons (Fsp3) is 0.600. The maximum Gasteiger partial charge on any atom is 0.358 e. The summed E-state index contributed by atoms with van der Waals surface area (Å²) in [5, 5.41) is 18.6. The summed E-state index contributed by atoms with van der Waals surface area (Å²) in [6.07, 6.45) is 2.17. The lowest BCUT2D eigenvalue weighted by Gasteiger charge is -2.12. The number of likely N-dealkylation sites (tertiary alicyclic amines) is 1. The van der Waals surface area contributed by atoms with Crippen LogP contribution in [0.2, 0.25) is 0 Å². The number of aromatic nitrogens is 3. The number of carbonyl (C=O) groups excluding carboxylic acids is 1. The fourth-order valence-corrected chi connectivity index (χ4v) is 1.95. The van der Waals surface area contributed by atoms with Gasteiger partial charge in [-0.05, 0) is 20.0 Å². The van der Waals surface area contributed by atoms with Gasteiger partial charge in [0, 0.05) is 12.6 Å². The molecular formula is C10H15N5O3. The SMILES string of the molecule is CN1CCC(NC(=O)Cn2cc(C(=O)O)nn2)C1. The number of nitrogens with one attached hydrogen (secondary N) is 1. The van der Waals surface area contributed by atoms with E-state index in [1.54, 1.807) is 0 Å². The molecule has 8 nitrogen and oxygen atoms in total. The van der Waals surface area contributed by atoms with E-state index in [0.717, 1.165) is 19.5 Å². The van der Waals surface area contributed by atoms with Gasteiger partial charge in [0.05, 0.1) is 6.20 Å². The number of carbonyl (C=O) groups is 2. The maximum absolute atomic E-state index is 11.7. The van der Waals surface area contributed by atoms with Crippen molar-refractivity contribution < 1.29 is 14.7 Å². The van der Waals surface area contributed by atoms with Gasteiger partial charge in [-0.25, -0.2) is 9.48 Å². The van der Waals surface area contributed by atoms with Crippen molar-refractivity contribution in [3.63, 3.8) is 0 Å². The minimum atomic E-state index is -1.15. The van der Waals surface area contributed by atoms with E-state index in [4.69, 9.17) is 5.11 Å². The van der Waals surface area contributed by atoms with Crippen molar-refractivity contribution in [3.8, 4) is 0 Å². The van der Waals surface area contributed by atoms with Crippen LogP contribution in [0.15, 0.2) is 6.20 Å². The van der Waals surface area contributed by atoms with Crippen LogP contribution in [-0.4, -0.2) is 63.1 Å². The van der Waals surface area contributed by atoms with Gasteiger partial charge in [-0.1, -0.05) is 5.21 Å². The van der Waals surface area contributed by atoms with Gasteiger partial charge in [-0.2, -0.15) is 0 Å². The molecule has 1 aromatic heterocycles. The Bertz CT molecular complexity index is 458. The Labute approximate surface area is 104 Å². The van der Waals surface area contributed by atoms with Crippen molar-refractivity contribution >= 4 is 11.9 Å². The number of likely N-dealkylation sites (N-methyl/N-ethyl adjacent to an activating group) is 1. The van der Waals surface area contributed by atoms with Crippen LogP contribution in [0.25, 0.3) is 0 Å². The average Bonchev–Trinajstić information content (AvgIpc) is 2.88. The first-order valence-electron chi connectivity index (χ1n) is 5.66. The second-order valence-electron chi connectivity index (χ2n) is 4.42. The molecule has 2 rings (SSSR count). The van der Waals surface area contributed by atoms with Gasteiger partial charge in [0.25, 0.3) is 0 Å². The molecule has 0 radical (unpaired) electrons. The number of aromatic carboxylic acids is 1. The fourth-order valence-electron chi connectivity index (χ4n) is 1.95. The first-order valence-corrected chi connectivity index (χ1v) is 5.66. The van der Waals surface area contributed by atoms with Crippen LogP contribution in [0.3, 0.4) is 0 Å². The predicted molar refractivity (Wildman–Crippen MR) is 61.0 cm³/mol. The summed E-state index contributed by atoms with van der Waals surface area (Å²) in [4.78, 5) is 24.4. The molecule has 0 spiro atoms. The van der Waals surface area contributed by atoms with E-state index in [9.17, 15) is 9.59 Å². The largest absolute Gasteiger partial charge is 0.476 e. The summed E-state index contributed by atoms with van der Waals surface area (Å²) in [5.74, 6) is -1.34. The lowest BCUT2D eigenvalue weighted by Crippen LogP contribution is -2.38. The highest BCUT2D eigenvalue weighted by molar-refractivity contribution is 5.84. The molecule has 1 aliphatic rings. The molecule has 18 heavy (non-hydrogen) atoms. The smallest absolute Gasteiger partial charge is 0.358 e. The van der Waals surface area contributed by atoms with Crippen LogP contribution in [0.1, 0.15) is 16.9 Å². The van der Waals surface area contributed by atoms with E-state index < -0.39 is 5.97 Å². The topological polar surface area (TPSA) is 100 Å². The summed E-state index contributed by atoms with van der Waals surface area (Å²) in [7, 11) is 2.00. The van der Waals surface area contributed by atoms with Crippen LogP contribution in [0, 0.1) is 0 Å². The quantitative estimate of drug-likeness (QED) is 0.699. The molecule has 1 amide bonds. The van der Waals surface area contributed by atoms with Gasteiger partial charge in [-0.15, -0.1) is 5.10 Å². The number of carboxylic acid groups (broad SMARTS) is 1. The summed E-state index contributed by atoms with van der Waals surface area (Å²) in [5.41, 5.74) is -0.164. The van der Waals surface area contributed by atoms with Gasteiger partial charge < -0.3 is 15.3 Å². The maximum atomic E-state index is 11.7. The highest BCUT2D eigenvalue weighted by atomic mass is 16.4. The lowest BCUT2D eigenvalue weighted by molar-refractivity contribution is -0.122. The molecule has 0 aromatic carbocycles. The third kappa shape index (κ3) is 3.04. The number of hydrogen-bond acceptors (Lipinski definition) is 5. The van der Waals surface area contributed by atoms with Gasteiger partial charge in [0.2, 0.25) is 5.91 Å². The van der Waals surface area contributed by atoms with Crippen molar-refractivity contribution in [1.82, 2.24) is 25.2 Å². The van der Waals surface area contributed by atoms with E-state index >= 15 is 0 Å². The molecule has 1 unspecified atom stereocenters. The highest BCUT2D eigenvalue weighted by Crippen LogP contribution is 2.05. The van der Waals surface area contributed by atoms with E-state index in [-0.39, 0.29) is 24.2 Å². The third-order valence-corrected chi connectivity index (χ3v) is 2.82. The zero-order valence-electron chi connectivity index (χ0n) is 10.0. The number of carboxylic acids is 1. The molecule has 0 aliphatic carbocycles. The number of rotatable bonds is 4. The van der Waals surface area contributed by atoms with Crippen molar-refractivity contribution in [2.45, 2.75) is 19.0 Å². The minimum absolute atomic E-state index is 0.0134. The van der Waals surface area contributed by atoms with Crippen LogP contribution in [0.5, 0.6) is 0 Å². The van der Waals surface area contributed by atoms with E-state index in [2.05, 4.69) is 20.5 Å². The Kier molecular flexibility index (Phi) is 3.56. The van der Waals surface area contributed by atoms with E-state index in [1.807, 2.05) is 7.05 Å². The molecule has 98 valence electrons. The van der Waals surface area contributed by atoms with Gasteiger partial charge in [0.1, 0.15) is 6.54 Å². The zero-order chi connectivity index (χ0) is 13.1. The Morgan fingerprint density at radius 3 is 2.94 bits per heavy atom. The van der Waals surface area contributed by atoms with Crippen molar-refractivity contribution in [2.24, 2.45) is 0 Å². The first kappa shape index (κ1) is 12.5. The van der Waals surface area contributed by atoms with Gasteiger partial charge in [0.15, 0.2) is 5.69 Å². The average molecular weight is 253 g/mol. The van der Waals surface area contributed by atoms with Crippen LogP contribution >= 0.6 is 0 Å². The molecule has 1 saturated heterocycles.